The van der Waals surface area contributed by atoms with E-state index in [2.05, 4.69) is 15.3 Å². The van der Waals surface area contributed by atoms with Crippen molar-refractivity contribution >= 4 is 22.7 Å². The fourth-order valence-corrected chi connectivity index (χ4v) is 2.60. The molecule has 1 aliphatic heterocycles. The van der Waals surface area contributed by atoms with Gasteiger partial charge in [0.15, 0.2) is 11.5 Å². The largest absolute Gasteiger partial charge is 0.486 e. The number of hydrogen-bond donors (Lipinski definition) is 2. The van der Waals surface area contributed by atoms with Gasteiger partial charge in [-0.05, 0) is 5.56 Å². The summed E-state index contributed by atoms with van der Waals surface area (Å²) in [6.07, 6.45) is 0. The van der Waals surface area contributed by atoms with Crippen LogP contribution in [0.25, 0.3) is 11.0 Å². The molecule has 0 spiro atoms. The van der Waals surface area contributed by atoms with Crippen LogP contribution in [0.1, 0.15) is 5.56 Å². The molecule has 0 radical (unpaired) electrons. The molecule has 0 unspecified atom stereocenters. The second kappa shape index (κ2) is 5.73. The third-order valence-electron chi connectivity index (χ3n) is 3.73. The molecule has 0 saturated heterocycles. The first kappa shape index (κ1) is 14.3. The fourth-order valence-electron chi connectivity index (χ4n) is 2.60. The first-order chi connectivity index (χ1) is 11.7. The molecule has 0 aliphatic carbocycles. The Balaban J connectivity index is 1.54. The molecule has 0 saturated carbocycles. The minimum Gasteiger partial charge on any atom is -0.486 e. The van der Waals surface area contributed by atoms with E-state index in [4.69, 9.17) is 9.47 Å². The fraction of sp³-hybridized carbons (Fsp3) is 0.188. The number of nitrogens with one attached hydrogen (secondary N) is 2. The third-order valence-corrected chi connectivity index (χ3v) is 3.73. The van der Waals surface area contributed by atoms with Crippen LogP contribution in [0.3, 0.4) is 0 Å². The Hall–Kier alpha value is -3.29. The second-order valence-electron chi connectivity index (χ2n) is 5.38. The maximum Gasteiger partial charge on any atom is 0.269 e. The van der Waals surface area contributed by atoms with Crippen LogP contribution in [-0.4, -0.2) is 28.1 Å². The zero-order valence-electron chi connectivity index (χ0n) is 12.6. The maximum atomic E-state index is 10.8. The molecular formula is C16H14N4O4. The Labute approximate surface area is 136 Å². The number of nitrogens with zero attached hydrogens (tertiary/aromatic N) is 2. The van der Waals surface area contributed by atoms with Gasteiger partial charge >= 0.3 is 0 Å². The standard InChI is InChI=1S/C16H14N4O4/c21-20(22)11-3-1-2-10(6-11)9-17-16-18-12-7-14-15(8-13(12)19-16)24-5-4-23-14/h1-3,6-8H,4-5,9H2,(H2,17,18,19). The van der Waals surface area contributed by atoms with E-state index in [1.807, 2.05) is 18.2 Å². The van der Waals surface area contributed by atoms with Gasteiger partial charge in [-0.25, -0.2) is 4.98 Å². The highest BCUT2D eigenvalue weighted by atomic mass is 16.6. The van der Waals surface area contributed by atoms with Crippen molar-refractivity contribution in [3.05, 3.63) is 52.1 Å². The zero-order valence-corrected chi connectivity index (χ0v) is 12.6. The molecule has 0 bridgehead atoms. The van der Waals surface area contributed by atoms with Gasteiger partial charge in [-0.15, -0.1) is 0 Å². The lowest BCUT2D eigenvalue weighted by Crippen LogP contribution is -2.15. The highest BCUT2D eigenvalue weighted by Crippen LogP contribution is 2.34. The Morgan fingerprint density at radius 3 is 2.79 bits per heavy atom. The van der Waals surface area contributed by atoms with Gasteiger partial charge in [0.1, 0.15) is 13.2 Å². The Morgan fingerprint density at radius 1 is 1.21 bits per heavy atom. The Morgan fingerprint density at radius 2 is 2.00 bits per heavy atom. The number of imidazole rings is 1. The van der Waals surface area contributed by atoms with E-state index >= 15 is 0 Å². The summed E-state index contributed by atoms with van der Waals surface area (Å²) in [4.78, 5) is 18.0. The number of non-ortho nitro benzene ring substituents is 1. The molecule has 2 N–H and O–H groups in total. The molecule has 2 aromatic carbocycles. The quantitative estimate of drug-likeness (QED) is 0.564. The molecule has 1 aromatic heterocycles. The van der Waals surface area contributed by atoms with Gasteiger partial charge in [0.25, 0.3) is 5.69 Å². The van der Waals surface area contributed by atoms with E-state index < -0.39 is 4.92 Å². The highest BCUT2D eigenvalue weighted by molar-refractivity contribution is 5.81. The number of fused-ring (bicyclic) bond motifs is 2. The summed E-state index contributed by atoms with van der Waals surface area (Å²) >= 11 is 0. The van der Waals surface area contributed by atoms with Crippen LogP contribution in [0.15, 0.2) is 36.4 Å². The van der Waals surface area contributed by atoms with Crippen molar-refractivity contribution in [2.24, 2.45) is 0 Å². The van der Waals surface area contributed by atoms with Gasteiger partial charge in [0.2, 0.25) is 5.95 Å². The highest BCUT2D eigenvalue weighted by Gasteiger charge is 2.15. The minimum absolute atomic E-state index is 0.0703. The van der Waals surface area contributed by atoms with Crippen LogP contribution >= 0.6 is 0 Å². The van der Waals surface area contributed by atoms with E-state index in [0.717, 1.165) is 16.6 Å². The average Bonchev–Trinajstić information content (AvgIpc) is 2.99. The average molecular weight is 326 g/mol. The number of rotatable bonds is 4. The molecule has 4 rings (SSSR count). The molecule has 24 heavy (non-hydrogen) atoms. The Bertz CT molecular complexity index is 879. The Kier molecular flexibility index (Phi) is 3.42. The third kappa shape index (κ3) is 2.69. The number of nitro groups is 1. The topological polar surface area (TPSA) is 102 Å². The van der Waals surface area contributed by atoms with Crippen molar-refractivity contribution in [1.82, 2.24) is 9.97 Å². The predicted molar refractivity (Wildman–Crippen MR) is 87.5 cm³/mol. The smallest absolute Gasteiger partial charge is 0.269 e. The number of hydrogen-bond acceptors (Lipinski definition) is 6. The second-order valence-corrected chi connectivity index (χ2v) is 5.38. The van der Waals surface area contributed by atoms with Crippen molar-refractivity contribution in [2.45, 2.75) is 6.54 Å². The van der Waals surface area contributed by atoms with E-state index in [-0.39, 0.29) is 5.69 Å². The normalized spacial score (nSPS) is 13.0. The molecule has 0 amide bonds. The molecular weight excluding hydrogens is 312 g/mol. The zero-order chi connectivity index (χ0) is 16.5. The molecule has 122 valence electrons. The molecule has 1 aliphatic rings. The lowest BCUT2D eigenvalue weighted by Gasteiger charge is -2.17. The van der Waals surface area contributed by atoms with Crippen LogP contribution in [0, 0.1) is 10.1 Å². The predicted octanol–water partition coefficient (Wildman–Crippen LogP) is 2.85. The van der Waals surface area contributed by atoms with Gasteiger partial charge in [0, 0.05) is 30.8 Å². The number of aromatic nitrogens is 2. The van der Waals surface area contributed by atoms with Crippen LogP contribution in [0.5, 0.6) is 11.5 Å². The summed E-state index contributed by atoms with van der Waals surface area (Å²) in [7, 11) is 0. The van der Waals surface area contributed by atoms with Crippen LogP contribution in [0.4, 0.5) is 11.6 Å². The van der Waals surface area contributed by atoms with Gasteiger partial charge in [-0.1, -0.05) is 12.1 Å². The number of aromatic amines is 1. The molecule has 3 aromatic rings. The van der Waals surface area contributed by atoms with E-state index in [1.54, 1.807) is 6.07 Å². The lowest BCUT2D eigenvalue weighted by atomic mass is 10.2. The summed E-state index contributed by atoms with van der Waals surface area (Å²) in [5, 5.41) is 13.9. The van der Waals surface area contributed by atoms with Crippen molar-refractivity contribution in [1.29, 1.82) is 0 Å². The number of anilines is 1. The summed E-state index contributed by atoms with van der Waals surface area (Å²) in [6.45, 7) is 1.49. The van der Waals surface area contributed by atoms with Crippen LogP contribution < -0.4 is 14.8 Å². The SMILES string of the molecule is O=[N+]([O-])c1cccc(CNc2nc3cc4c(cc3[nH]2)OCCO4)c1. The first-order valence-corrected chi connectivity index (χ1v) is 7.45. The van der Waals surface area contributed by atoms with Gasteiger partial charge in [-0.2, -0.15) is 0 Å². The van der Waals surface area contributed by atoms with Crippen molar-refractivity contribution in [3.8, 4) is 11.5 Å². The summed E-state index contributed by atoms with van der Waals surface area (Å²) < 4.78 is 11.1. The van der Waals surface area contributed by atoms with Crippen molar-refractivity contribution in [3.63, 3.8) is 0 Å². The molecule has 8 nitrogen and oxygen atoms in total. The molecule has 8 heteroatoms. The minimum atomic E-state index is -0.408. The molecule has 0 fully saturated rings. The van der Waals surface area contributed by atoms with Crippen LogP contribution in [-0.2, 0) is 6.54 Å². The lowest BCUT2D eigenvalue weighted by molar-refractivity contribution is -0.384. The maximum absolute atomic E-state index is 10.8. The number of benzene rings is 2. The van der Waals surface area contributed by atoms with Crippen LogP contribution in [0.2, 0.25) is 0 Å². The summed E-state index contributed by atoms with van der Waals surface area (Å²) in [5.41, 5.74) is 2.47. The number of nitro benzene ring substituents is 1. The van der Waals surface area contributed by atoms with E-state index in [1.165, 1.54) is 12.1 Å². The van der Waals surface area contributed by atoms with Gasteiger partial charge in [-0.3, -0.25) is 10.1 Å². The monoisotopic (exact) mass is 326 g/mol. The number of H-pyrrole nitrogens is 1. The number of ether oxygens (including phenoxy) is 2. The summed E-state index contributed by atoms with van der Waals surface area (Å²) in [5.74, 6) is 1.96. The van der Waals surface area contributed by atoms with Gasteiger partial charge in [0.05, 0.1) is 16.0 Å². The molecule has 0 atom stereocenters. The van der Waals surface area contributed by atoms with Crippen molar-refractivity contribution in [2.75, 3.05) is 18.5 Å². The molecule has 2 heterocycles. The van der Waals surface area contributed by atoms with E-state index in [9.17, 15) is 10.1 Å². The summed E-state index contributed by atoms with van der Waals surface area (Å²) in [6, 6.07) is 10.2. The van der Waals surface area contributed by atoms with Gasteiger partial charge < -0.3 is 19.8 Å². The van der Waals surface area contributed by atoms with Crippen molar-refractivity contribution < 1.29 is 14.4 Å². The first-order valence-electron chi connectivity index (χ1n) is 7.45. The van der Waals surface area contributed by atoms with E-state index in [0.29, 0.717) is 37.2 Å².